The Labute approximate surface area is 119 Å². The SMILES string of the molecule is c1cnc2ccc(CNC3C4C5CCC(C5)C34)cc2c1. The Bertz CT molecular complexity index is 649. The van der Waals surface area contributed by atoms with Gasteiger partial charge in [0.25, 0.3) is 0 Å². The van der Waals surface area contributed by atoms with E-state index in [0.29, 0.717) is 0 Å². The Balaban J connectivity index is 1.30. The molecule has 0 saturated heterocycles. The quantitative estimate of drug-likeness (QED) is 0.919. The van der Waals surface area contributed by atoms with Crippen LogP contribution in [0.15, 0.2) is 36.5 Å². The number of nitrogens with zero attached hydrogens (tertiary/aromatic N) is 1. The predicted molar refractivity (Wildman–Crippen MR) is 80.2 cm³/mol. The van der Waals surface area contributed by atoms with E-state index in [1.54, 1.807) is 0 Å². The lowest BCUT2D eigenvalue weighted by atomic mass is 10.0. The molecule has 1 N–H and O–H groups in total. The van der Waals surface area contributed by atoms with E-state index in [1.165, 1.54) is 30.2 Å². The lowest BCUT2D eigenvalue weighted by molar-refractivity contribution is 0.456. The van der Waals surface area contributed by atoms with Gasteiger partial charge in [0.15, 0.2) is 0 Å². The van der Waals surface area contributed by atoms with Crippen LogP contribution in [0.3, 0.4) is 0 Å². The van der Waals surface area contributed by atoms with Crippen molar-refractivity contribution in [2.24, 2.45) is 23.7 Å². The molecule has 2 aromatic rings. The summed E-state index contributed by atoms with van der Waals surface area (Å²) in [4.78, 5) is 4.38. The van der Waals surface area contributed by atoms with Gasteiger partial charge in [0.1, 0.15) is 0 Å². The van der Waals surface area contributed by atoms with Crippen molar-refractivity contribution in [2.75, 3.05) is 0 Å². The first kappa shape index (κ1) is 11.3. The second-order valence-corrected chi connectivity index (χ2v) is 6.93. The van der Waals surface area contributed by atoms with Gasteiger partial charge in [0.05, 0.1) is 5.52 Å². The normalized spacial score (nSPS) is 37.3. The van der Waals surface area contributed by atoms with Gasteiger partial charge in [0.2, 0.25) is 0 Å². The average Bonchev–Trinajstić information content (AvgIpc) is 2.88. The molecule has 3 aliphatic rings. The molecule has 0 radical (unpaired) electrons. The standard InChI is InChI=1S/C18H20N2/c1-2-12-8-11(3-6-15(12)19-7-1)10-20-18-16-13-4-5-14(9-13)17(16)18/h1-3,6-8,13-14,16-18,20H,4-5,9-10H2. The van der Waals surface area contributed by atoms with Crippen LogP contribution in [0.4, 0.5) is 0 Å². The third kappa shape index (κ3) is 1.58. The van der Waals surface area contributed by atoms with Crippen molar-refractivity contribution in [1.82, 2.24) is 10.3 Å². The Morgan fingerprint density at radius 3 is 2.80 bits per heavy atom. The van der Waals surface area contributed by atoms with Crippen LogP contribution < -0.4 is 5.32 Å². The van der Waals surface area contributed by atoms with Crippen LogP contribution in [0.2, 0.25) is 0 Å². The molecule has 4 atom stereocenters. The van der Waals surface area contributed by atoms with Crippen molar-refractivity contribution in [3.63, 3.8) is 0 Å². The highest BCUT2D eigenvalue weighted by molar-refractivity contribution is 5.78. The molecule has 1 aromatic carbocycles. The minimum absolute atomic E-state index is 0.825. The number of hydrogen-bond donors (Lipinski definition) is 1. The van der Waals surface area contributed by atoms with Crippen LogP contribution in [0.5, 0.6) is 0 Å². The van der Waals surface area contributed by atoms with E-state index in [0.717, 1.165) is 41.8 Å². The van der Waals surface area contributed by atoms with Crippen LogP contribution in [0.25, 0.3) is 10.9 Å². The molecule has 2 bridgehead atoms. The number of aromatic nitrogens is 1. The van der Waals surface area contributed by atoms with Crippen molar-refractivity contribution < 1.29 is 0 Å². The van der Waals surface area contributed by atoms with Gasteiger partial charge in [0, 0.05) is 24.2 Å². The van der Waals surface area contributed by atoms with Crippen molar-refractivity contribution in [3.8, 4) is 0 Å². The van der Waals surface area contributed by atoms with Gasteiger partial charge in [-0.3, -0.25) is 4.98 Å². The molecule has 20 heavy (non-hydrogen) atoms. The van der Waals surface area contributed by atoms with E-state index in [4.69, 9.17) is 0 Å². The van der Waals surface area contributed by atoms with Gasteiger partial charge in [-0.25, -0.2) is 0 Å². The Morgan fingerprint density at radius 1 is 1.10 bits per heavy atom. The molecule has 102 valence electrons. The molecule has 3 saturated carbocycles. The van der Waals surface area contributed by atoms with Crippen LogP contribution in [0, 0.1) is 23.7 Å². The van der Waals surface area contributed by atoms with Crippen molar-refractivity contribution in [1.29, 1.82) is 0 Å². The zero-order valence-corrected chi connectivity index (χ0v) is 11.6. The highest BCUT2D eigenvalue weighted by Gasteiger charge is 2.64. The fourth-order valence-electron chi connectivity index (χ4n) is 5.07. The molecule has 0 spiro atoms. The average molecular weight is 264 g/mol. The molecule has 0 amide bonds. The van der Waals surface area contributed by atoms with Gasteiger partial charge in [-0.15, -0.1) is 0 Å². The Morgan fingerprint density at radius 2 is 1.95 bits per heavy atom. The second-order valence-electron chi connectivity index (χ2n) is 6.93. The van der Waals surface area contributed by atoms with E-state index >= 15 is 0 Å². The third-order valence-electron chi connectivity index (χ3n) is 5.94. The van der Waals surface area contributed by atoms with E-state index in [9.17, 15) is 0 Å². The summed E-state index contributed by atoms with van der Waals surface area (Å²) >= 11 is 0. The highest BCUT2D eigenvalue weighted by atomic mass is 15.0. The number of rotatable bonds is 3. The first-order valence-corrected chi connectivity index (χ1v) is 7.97. The van der Waals surface area contributed by atoms with Crippen molar-refractivity contribution in [2.45, 2.75) is 31.8 Å². The zero-order valence-electron chi connectivity index (χ0n) is 11.6. The first-order chi connectivity index (χ1) is 9.90. The molecule has 3 fully saturated rings. The van der Waals surface area contributed by atoms with Crippen LogP contribution >= 0.6 is 0 Å². The number of nitrogens with one attached hydrogen (secondary N) is 1. The molecule has 3 aliphatic carbocycles. The van der Waals surface area contributed by atoms with Crippen molar-refractivity contribution in [3.05, 3.63) is 42.1 Å². The minimum atomic E-state index is 0.825. The zero-order chi connectivity index (χ0) is 13.1. The minimum Gasteiger partial charge on any atom is -0.309 e. The van der Waals surface area contributed by atoms with Crippen LogP contribution in [0.1, 0.15) is 24.8 Å². The summed E-state index contributed by atoms with van der Waals surface area (Å²) in [6, 6.07) is 11.6. The summed E-state index contributed by atoms with van der Waals surface area (Å²) in [5.74, 6) is 4.17. The molecule has 1 aromatic heterocycles. The fourth-order valence-corrected chi connectivity index (χ4v) is 5.07. The Hall–Kier alpha value is -1.41. The summed E-state index contributed by atoms with van der Waals surface area (Å²) < 4.78 is 0. The van der Waals surface area contributed by atoms with E-state index in [1.807, 2.05) is 12.3 Å². The van der Waals surface area contributed by atoms with Crippen molar-refractivity contribution >= 4 is 10.9 Å². The van der Waals surface area contributed by atoms with E-state index in [-0.39, 0.29) is 0 Å². The van der Waals surface area contributed by atoms with Crippen LogP contribution in [-0.4, -0.2) is 11.0 Å². The molecular formula is C18H20N2. The van der Waals surface area contributed by atoms with Gasteiger partial charge in [-0.2, -0.15) is 0 Å². The molecule has 4 unspecified atom stereocenters. The lowest BCUT2D eigenvalue weighted by Gasteiger charge is -2.11. The highest BCUT2D eigenvalue weighted by Crippen LogP contribution is 2.65. The molecule has 2 heteroatoms. The summed E-state index contributed by atoms with van der Waals surface area (Å²) in [6.07, 6.45) is 6.41. The fraction of sp³-hybridized carbons (Fsp3) is 0.500. The third-order valence-corrected chi connectivity index (χ3v) is 5.94. The van der Waals surface area contributed by atoms with Crippen LogP contribution in [-0.2, 0) is 6.54 Å². The van der Waals surface area contributed by atoms with Gasteiger partial charge in [-0.1, -0.05) is 12.1 Å². The maximum atomic E-state index is 4.38. The topological polar surface area (TPSA) is 24.9 Å². The summed E-state index contributed by atoms with van der Waals surface area (Å²) in [5.41, 5.74) is 2.49. The Kier molecular flexibility index (Phi) is 2.28. The largest absolute Gasteiger partial charge is 0.309 e. The molecule has 0 aliphatic heterocycles. The maximum Gasteiger partial charge on any atom is 0.0702 e. The predicted octanol–water partition coefficient (Wildman–Crippen LogP) is 3.37. The number of pyridine rings is 1. The molecule has 2 nitrogen and oxygen atoms in total. The molecular weight excluding hydrogens is 244 g/mol. The second kappa shape index (κ2) is 4.05. The monoisotopic (exact) mass is 264 g/mol. The number of hydrogen-bond acceptors (Lipinski definition) is 2. The smallest absolute Gasteiger partial charge is 0.0702 e. The van der Waals surface area contributed by atoms with Gasteiger partial charge < -0.3 is 5.32 Å². The van der Waals surface area contributed by atoms with E-state index < -0.39 is 0 Å². The number of fused-ring (bicyclic) bond motifs is 6. The summed E-state index contributed by atoms with van der Waals surface area (Å²) in [7, 11) is 0. The first-order valence-electron chi connectivity index (χ1n) is 7.97. The van der Waals surface area contributed by atoms with Gasteiger partial charge >= 0.3 is 0 Å². The number of benzene rings is 1. The summed E-state index contributed by atoms with van der Waals surface area (Å²) in [5, 5.41) is 5.07. The van der Waals surface area contributed by atoms with E-state index in [2.05, 4.69) is 34.6 Å². The molecule has 5 rings (SSSR count). The lowest BCUT2D eigenvalue weighted by Crippen LogP contribution is -2.22. The molecule has 1 heterocycles. The van der Waals surface area contributed by atoms with Gasteiger partial charge in [-0.05, 0) is 66.7 Å². The summed E-state index contributed by atoms with van der Waals surface area (Å²) in [6.45, 7) is 1.02. The maximum absolute atomic E-state index is 4.38.